The predicted octanol–water partition coefficient (Wildman–Crippen LogP) is 6.12. The Bertz CT molecular complexity index is 985. The molecule has 168 valence electrons. The Labute approximate surface area is 184 Å². The molecule has 0 radical (unpaired) electrons. The topological polar surface area (TPSA) is 87.3 Å². The van der Waals surface area contributed by atoms with Gasteiger partial charge in [-0.3, -0.25) is 14.9 Å². The first-order valence-electron chi connectivity index (χ1n) is 10.9. The van der Waals surface area contributed by atoms with E-state index < -0.39 is 4.92 Å². The summed E-state index contributed by atoms with van der Waals surface area (Å²) in [6.45, 7) is 12.8. The van der Waals surface area contributed by atoms with Crippen LogP contribution in [0.25, 0.3) is 5.57 Å². The van der Waals surface area contributed by atoms with Gasteiger partial charge in [0, 0.05) is 18.2 Å². The van der Waals surface area contributed by atoms with Gasteiger partial charge in [0.05, 0.1) is 23.3 Å². The summed E-state index contributed by atoms with van der Waals surface area (Å²) in [5.41, 5.74) is 3.69. The van der Waals surface area contributed by atoms with Crippen molar-refractivity contribution in [1.29, 1.82) is 0 Å². The van der Waals surface area contributed by atoms with Crippen LogP contribution >= 0.6 is 0 Å². The second kappa shape index (κ2) is 10.9. The van der Waals surface area contributed by atoms with Crippen molar-refractivity contribution in [3.63, 3.8) is 0 Å². The predicted molar refractivity (Wildman–Crippen MR) is 123 cm³/mol. The summed E-state index contributed by atoms with van der Waals surface area (Å²) in [5, 5.41) is 16.0. The van der Waals surface area contributed by atoms with Gasteiger partial charge in [-0.05, 0) is 57.7 Å². The first-order valence-corrected chi connectivity index (χ1v) is 10.9. The van der Waals surface area contributed by atoms with Gasteiger partial charge in [0.25, 0.3) is 5.69 Å². The molecule has 1 heterocycles. The zero-order valence-electron chi connectivity index (χ0n) is 19.4. The van der Waals surface area contributed by atoms with E-state index in [1.165, 1.54) is 12.1 Å². The molecule has 31 heavy (non-hydrogen) atoms. The molecule has 7 nitrogen and oxygen atoms in total. The fraction of sp³-hybridized carbons (Fsp3) is 0.500. The molecule has 0 bridgehead atoms. The van der Waals surface area contributed by atoms with E-state index in [0.717, 1.165) is 36.8 Å². The minimum atomic E-state index is -0.398. The van der Waals surface area contributed by atoms with Gasteiger partial charge in [-0.1, -0.05) is 32.3 Å². The third kappa shape index (κ3) is 5.40. The van der Waals surface area contributed by atoms with Crippen LogP contribution in [-0.2, 0) is 6.54 Å². The molecule has 0 amide bonds. The molecule has 0 aliphatic carbocycles. The van der Waals surface area contributed by atoms with Crippen molar-refractivity contribution in [2.45, 2.75) is 73.8 Å². The highest BCUT2D eigenvalue weighted by molar-refractivity contribution is 6.12. The Morgan fingerprint density at radius 1 is 1.13 bits per heavy atom. The van der Waals surface area contributed by atoms with Crippen LogP contribution in [-0.4, -0.2) is 27.1 Å². The quantitative estimate of drug-likeness (QED) is 0.186. The molecule has 2 rings (SSSR count). The number of hydrogen-bond donors (Lipinski definition) is 0. The van der Waals surface area contributed by atoms with Crippen LogP contribution < -0.4 is 4.74 Å². The van der Waals surface area contributed by atoms with Crippen molar-refractivity contribution in [2.24, 2.45) is 0 Å². The highest BCUT2D eigenvalue weighted by atomic mass is 16.6. The fourth-order valence-corrected chi connectivity index (χ4v) is 3.43. The SMILES string of the molecule is CCCCOc1c(C(=O)c2ccc([N+](=O)[O-])c(C(C)=C(C)C)c2C)cnn1CCCC. The normalized spacial score (nSPS) is 10.8. The number of hydrogen-bond acceptors (Lipinski definition) is 5. The molecular formula is C24H33N3O4. The summed E-state index contributed by atoms with van der Waals surface area (Å²) in [4.78, 5) is 24.7. The van der Waals surface area contributed by atoms with E-state index in [1.54, 1.807) is 17.8 Å². The van der Waals surface area contributed by atoms with E-state index in [9.17, 15) is 14.9 Å². The van der Waals surface area contributed by atoms with Crippen molar-refractivity contribution in [2.75, 3.05) is 6.61 Å². The molecule has 0 saturated heterocycles. The first kappa shape index (κ1) is 24.3. The minimum Gasteiger partial charge on any atom is -0.477 e. The lowest BCUT2D eigenvalue weighted by atomic mass is 9.90. The van der Waals surface area contributed by atoms with Gasteiger partial charge in [0.2, 0.25) is 5.88 Å². The maximum Gasteiger partial charge on any atom is 0.277 e. The van der Waals surface area contributed by atoms with Crippen molar-refractivity contribution >= 4 is 17.0 Å². The number of ketones is 1. The average molecular weight is 428 g/mol. The Morgan fingerprint density at radius 2 is 1.81 bits per heavy atom. The van der Waals surface area contributed by atoms with Crippen LogP contribution in [0.5, 0.6) is 5.88 Å². The Balaban J connectivity index is 2.58. The maximum atomic E-state index is 13.5. The summed E-state index contributed by atoms with van der Waals surface area (Å²) < 4.78 is 7.71. The number of benzene rings is 1. The first-order chi connectivity index (χ1) is 14.7. The number of carbonyl (C=O) groups excluding carboxylic acids is 1. The number of rotatable bonds is 11. The Hall–Kier alpha value is -2.96. The van der Waals surface area contributed by atoms with Gasteiger partial charge >= 0.3 is 0 Å². The summed E-state index contributed by atoms with van der Waals surface area (Å²) in [5.74, 6) is 0.245. The molecule has 0 aliphatic rings. The van der Waals surface area contributed by atoms with Gasteiger partial charge in [0.1, 0.15) is 5.56 Å². The minimum absolute atomic E-state index is 0.00538. The summed E-state index contributed by atoms with van der Waals surface area (Å²) in [6.07, 6.45) is 5.35. The smallest absolute Gasteiger partial charge is 0.277 e. The number of nitrogens with zero attached hydrogens (tertiary/aromatic N) is 3. The molecule has 0 unspecified atom stereocenters. The molecular weight excluding hydrogens is 394 g/mol. The molecule has 0 N–H and O–H groups in total. The zero-order chi connectivity index (χ0) is 23.1. The maximum absolute atomic E-state index is 13.5. The molecule has 7 heteroatoms. The number of aromatic nitrogens is 2. The zero-order valence-corrected chi connectivity index (χ0v) is 19.4. The largest absolute Gasteiger partial charge is 0.477 e. The molecule has 0 fully saturated rings. The van der Waals surface area contributed by atoms with Crippen molar-refractivity contribution < 1.29 is 14.5 Å². The lowest BCUT2D eigenvalue weighted by Gasteiger charge is -2.14. The van der Waals surface area contributed by atoms with E-state index in [0.29, 0.717) is 41.3 Å². The Morgan fingerprint density at radius 3 is 2.39 bits per heavy atom. The van der Waals surface area contributed by atoms with E-state index in [1.807, 2.05) is 20.8 Å². The van der Waals surface area contributed by atoms with Gasteiger partial charge in [-0.25, -0.2) is 4.68 Å². The van der Waals surface area contributed by atoms with E-state index >= 15 is 0 Å². The number of ether oxygens (including phenoxy) is 1. The summed E-state index contributed by atoms with van der Waals surface area (Å²) in [6, 6.07) is 2.96. The van der Waals surface area contributed by atoms with Gasteiger partial charge in [0.15, 0.2) is 5.78 Å². The lowest BCUT2D eigenvalue weighted by molar-refractivity contribution is -0.385. The number of unbranched alkanes of at least 4 members (excludes halogenated alkanes) is 2. The van der Waals surface area contributed by atoms with Gasteiger partial charge < -0.3 is 4.74 Å². The second-order valence-corrected chi connectivity index (χ2v) is 7.99. The third-order valence-corrected chi connectivity index (χ3v) is 5.51. The molecule has 0 atom stereocenters. The number of carbonyl (C=O) groups is 1. The average Bonchev–Trinajstić information content (AvgIpc) is 3.13. The molecule has 2 aromatic rings. The van der Waals surface area contributed by atoms with Crippen LogP contribution in [0.4, 0.5) is 5.69 Å². The van der Waals surface area contributed by atoms with Crippen LogP contribution in [0.2, 0.25) is 0 Å². The van der Waals surface area contributed by atoms with Gasteiger partial charge in [-0.2, -0.15) is 5.10 Å². The van der Waals surface area contributed by atoms with Crippen molar-refractivity contribution in [3.8, 4) is 5.88 Å². The van der Waals surface area contributed by atoms with Crippen LogP contribution in [0.1, 0.15) is 87.4 Å². The monoisotopic (exact) mass is 427 g/mol. The number of nitro benzene ring substituents is 1. The molecule has 0 saturated carbocycles. The Kier molecular flexibility index (Phi) is 8.54. The molecule has 0 spiro atoms. The van der Waals surface area contributed by atoms with Crippen LogP contribution in [0, 0.1) is 17.0 Å². The van der Waals surface area contributed by atoms with Crippen molar-refractivity contribution in [3.05, 3.63) is 56.3 Å². The molecule has 0 aliphatic heterocycles. The molecule has 1 aromatic heterocycles. The van der Waals surface area contributed by atoms with Crippen LogP contribution in [0.15, 0.2) is 23.9 Å². The lowest BCUT2D eigenvalue weighted by Crippen LogP contribution is -2.11. The standard InChI is InChI=1S/C24H33N3O4/c1-7-9-13-26-24(31-14-10-8-2)20(15-25-26)23(28)19-11-12-21(27(29)30)22(18(19)6)17(5)16(3)4/h11-12,15H,7-10,13-14H2,1-6H3. The van der Waals surface area contributed by atoms with Crippen LogP contribution in [0.3, 0.4) is 0 Å². The highest BCUT2D eigenvalue weighted by Gasteiger charge is 2.26. The number of nitro groups is 1. The van der Waals surface area contributed by atoms with Crippen molar-refractivity contribution in [1.82, 2.24) is 9.78 Å². The summed E-state index contributed by atoms with van der Waals surface area (Å²) in [7, 11) is 0. The summed E-state index contributed by atoms with van der Waals surface area (Å²) >= 11 is 0. The third-order valence-electron chi connectivity index (χ3n) is 5.51. The second-order valence-electron chi connectivity index (χ2n) is 7.99. The van der Waals surface area contributed by atoms with E-state index in [4.69, 9.17) is 4.74 Å². The number of aryl methyl sites for hydroxylation is 1. The van der Waals surface area contributed by atoms with E-state index in [2.05, 4.69) is 18.9 Å². The highest BCUT2D eigenvalue weighted by Crippen LogP contribution is 2.34. The fourth-order valence-electron chi connectivity index (χ4n) is 3.43. The van der Waals surface area contributed by atoms with Gasteiger partial charge in [-0.15, -0.1) is 0 Å². The number of allylic oxidation sites excluding steroid dienone is 2. The van der Waals surface area contributed by atoms with E-state index in [-0.39, 0.29) is 11.5 Å². The molecule has 1 aromatic carbocycles.